The van der Waals surface area contributed by atoms with E-state index in [2.05, 4.69) is 14.9 Å². The molecule has 11 nitrogen and oxygen atoms in total. The molecular weight excluding hydrogens is 462 g/mol. The molecule has 1 fully saturated rings. The second-order valence-corrected chi connectivity index (χ2v) is 9.73. The first-order valence-electron chi connectivity index (χ1n) is 10.8. The minimum atomic E-state index is -4.00. The lowest BCUT2D eigenvalue weighted by Gasteiger charge is -2.26. The van der Waals surface area contributed by atoms with Crippen LogP contribution in [0.2, 0.25) is 0 Å². The average Bonchev–Trinajstić information content (AvgIpc) is 2.82. The zero-order valence-electron chi connectivity index (χ0n) is 19.2. The van der Waals surface area contributed by atoms with Gasteiger partial charge in [-0.15, -0.1) is 0 Å². The van der Waals surface area contributed by atoms with Crippen LogP contribution in [0.15, 0.2) is 47.4 Å². The zero-order chi connectivity index (χ0) is 24.7. The maximum atomic E-state index is 12.9. The molecule has 2 aromatic carbocycles. The van der Waals surface area contributed by atoms with Gasteiger partial charge in [0, 0.05) is 57.2 Å². The third-order valence-electron chi connectivity index (χ3n) is 5.37. The van der Waals surface area contributed by atoms with Crippen molar-refractivity contribution in [3.63, 3.8) is 0 Å². The average molecular weight is 492 g/mol. The maximum absolute atomic E-state index is 12.9. The molecule has 34 heavy (non-hydrogen) atoms. The van der Waals surface area contributed by atoms with Crippen LogP contribution in [0.3, 0.4) is 0 Å². The zero-order valence-corrected chi connectivity index (χ0v) is 20.0. The van der Waals surface area contributed by atoms with Crippen LogP contribution in [-0.4, -0.2) is 77.6 Å². The van der Waals surface area contributed by atoms with Gasteiger partial charge in [0.1, 0.15) is 0 Å². The number of anilines is 2. The maximum Gasteiger partial charge on any atom is 0.269 e. The van der Waals surface area contributed by atoms with Crippen molar-refractivity contribution >= 4 is 33.0 Å². The smallest absolute Gasteiger partial charge is 0.269 e. The topological polar surface area (TPSA) is 134 Å². The van der Waals surface area contributed by atoms with Crippen molar-refractivity contribution in [3.05, 3.63) is 58.1 Å². The van der Waals surface area contributed by atoms with Gasteiger partial charge in [0.15, 0.2) is 0 Å². The van der Waals surface area contributed by atoms with Crippen molar-refractivity contribution in [2.45, 2.75) is 11.3 Å². The van der Waals surface area contributed by atoms with Crippen LogP contribution >= 0.6 is 0 Å². The van der Waals surface area contributed by atoms with E-state index < -0.39 is 14.9 Å². The highest BCUT2D eigenvalue weighted by Crippen LogP contribution is 2.25. The molecule has 2 N–H and O–H groups in total. The summed E-state index contributed by atoms with van der Waals surface area (Å²) in [6.45, 7) is 4.56. The Bertz CT molecular complexity index is 1120. The molecule has 12 heteroatoms. The lowest BCUT2D eigenvalue weighted by molar-refractivity contribution is -0.384. The van der Waals surface area contributed by atoms with Gasteiger partial charge < -0.3 is 15.0 Å². The van der Waals surface area contributed by atoms with E-state index in [1.54, 1.807) is 31.1 Å². The predicted molar refractivity (Wildman–Crippen MR) is 129 cm³/mol. The number of hydrogen-bond donors (Lipinski definition) is 2. The molecule has 0 aromatic heterocycles. The van der Waals surface area contributed by atoms with Gasteiger partial charge in [-0.2, -0.15) is 0 Å². The van der Waals surface area contributed by atoms with Gasteiger partial charge in [-0.25, -0.2) is 8.42 Å². The Morgan fingerprint density at radius 1 is 1.15 bits per heavy atom. The molecule has 1 amide bonds. The van der Waals surface area contributed by atoms with Gasteiger partial charge in [-0.05, 0) is 43.3 Å². The molecule has 0 spiro atoms. The number of carbonyl (C=O) groups is 1. The Labute approximate surface area is 198 Å². The second kappa shape index (κ2) is 11.3. The van der Waals surface area contributed by atoms with Gasteiger partial charge in [0.05, 0.1) is 28.6 Å². The fraction of sp³-hybridized carbons (Fsp3) is 0.409. The molecule has 0 bridgehead atoms. The van der Waals surface area contributed by atoms with E-state index in [9.17, 15) is 23.3 Å². The number of sulfonamides is 1. The molecule has 184 valence electrons. The van der Waals surface area contributed by atoms with Crippen LogP contribution in [-0.2, 0) is 14.8 Å². The number of nitrogens with zero attached hydrogens (tertiary/aromatic N) is 3. The normalized spacial score (nSPS) is 14.4. The van der Waals surface area contributed by atoms with Crippen LogP contribution in [0, 0.1) is 10.1 Å². The summed E-state index contributed by atoms with van der Waals surface area (Å²) in [5.74, 6) is -0.304. The fourth-order valence-corrected chi connectivity index (χ4v) is 4.61. The van der Waals surface area contributed by atoms with Crippen molar-refractivity contribution in [2.75, 3.05) is 63.1 Å². The summed E-state index contributed by atoms with van der Waals surface area (Å²) in [4.78, 5) is 27.0. The molecule has 2 aromatic rings. The van der Waals surface area contributed by atoms with E-state index in [1.165, 1.54) is 6.07 Å². The van der Waals surface area contributed by atoms with E-state index >= 15 is 0 Å². The standard InChI is InChI=1S/C22H29N5O6S/c1-25(2)21-9-4-17(24-34(31,32)19-7-5-18(6-8-19)27(29)30)16-20(21)22(28)23-10-3-11-26-12-14-33-15-13-26/h4-9,16,24H,3,10-15H2,1-2H3,(H,23,28). The van der Waals surface area contributed by atoms with Gasteiger partial charge in [-0.3, -0.25) is 24.5 Å². The van der Waals surface area contributed by atoms with Crippen molar-refractivity contribution < 1.29 is 22.9 Å². The van der Waals surface area contributed by atoms with E-state index in [1.807, 2.05) is 0 Å². The molecule has 1 heterocycles. The summed E-state index contributed by atoms with van der Waals surface area (Å²) in [5, 5.41) is 13.7. The highest BCUT2D eigenvalue weighted by molar-refractivity contribution is 7.92. The molecule has 1 aliphatic heterocycles. The van der Waals surface area contributed by atoms with Crippen molar-refractivity contribution in [2.24, 2.45) is 0 Å². The number of benzene rings is 2. The summed E-state index contributed by atoms with van der Waals surface area (Å²) in [7, 11) is -0.405. The number of nitro benzene ring substituents is 1. The van der Waals surface area contributed by atoms with Crippen LogP contribution in [0.5, 0.6) is 0 Å². The van der Waals surface area contributed by atoms with E-state index in [0.29, 0.717) is 17.8 Å². The largest absolute Gasteiger partial charge is 0.379 e. The Balaban J connectivity index is 1.69. The highest BCUT2D eigenvalue weighted by Gasteiger charge is 2.19. The van der Waals surface area contributed by atoms with Crippen molar-refractivity contribution in [1.82, 2.24) is 10.2 Å². The molecule has 1 aliphatic rings. The third-order valence-corrected chi connectivity index (χ3v) is 6.77. The summed E-state index contributed by atoms with van der Waals surface area (Å²) in [5.41, 5.74) is 0.980. The molecular formula is C22H29N5O6S. The van der Waals surface area contributed by atoms with E-state index in [4.69, 9.17) is 4.74 Å². The van der Waals surface area contributed by atoms with Crippen LogP contribution in [0.25, 0.3) is 0 Å². The Morgan fingerprint density at radius 2 is 1.82 bits per heavy atom. The number of rotatable bonds is 10. The summed E-state index contributed by atoms with van der Waals surface area (Å²) < 4.78 is 33.3. The minimum absolute atomic E-state index is 0.121. The van der Waals surface area contributed by atoms with Crippen molar-refractivity contribution in [3.8, 4) is 0 Å². The molecule has 1 saturated heterocycles. The number of ether oxygens (including phenoxy) is 1. The van der Waals surface area contributed by atoms with E-state index in [-0.39, 0.29) is 22.2 Å². The Morgan fingerprint density at radius 3 is 2.44 bits per heavy atom. The first-order valence-corrected chi connectivity index (χ1v) is 12.3. The lowest BCUT2D eigenvalue weighted by atomic mass is 10.1. The Kier molecular flexibility index (Phi) is 8.42. The van der Waals surface area contributed by atoms with Gasteiger partial charge in [0.25, 0.3) is 21.6 Å². The number of non-ortho nitro benzene ring substituents is 1. The SMILES string of the molecule is CN(C)c1ccc(NS(=O)(=O)c2ccc([N+](=O)[O-])cc2)cc1C(=O)NCCCN1CCOCC1. The summed E-state index contributed by atoms with van der Waals surface area (Å²) in [6.07, 6.45) is 0.787. The lowest BCUT2D eigenvalue weighted by Crippen LogP contribution is -2.38. The molecule has 0 aliphatic carbocycles. The van der Waals surface area contributed by atoms with Gasteiger partial charge in [0.2, 0.25) is 0 Å². The molecule has 3 rings (SSSR count). The van der Waals surface area contributed by atoms with Crippen LogP contribution in [0.4, 0.5) is 17.1 Å². The fourth-order valence-electron chi connectivity index (χ4n) is 3.56. The molecule has 0 radical (unpaired) electrons. The predicted octanol–water partition coefficient (Wildman–Crippen LogP) is 1.91. The number of nitro groups is 1. The van der Waals surface area contributed by atoms with Crippen LogP contribution < -0.4 is 14.9 Å². The highest BCUT2D eigenvalue weighted by atomic mass is 32.2. The number of amides is 1. The first-order chi connectivity index (χ1) is 16.2. The second-order valence-electron chi connectivity index (χ2n) is 8.05. The first kappa shape index (κ1) is 25.4. The number of hydrogen-bond acceptors (Lipinski definition) is 8. The molecule has 0 atom stereocenters. The van der Waals surface area contributed by atoms with Crippen LogP contribution in [0.1, 0.15) is 16.8 Å². The van der Waals surface area contributed by atoms with Crippen molar-refractivity contribution in [1.29, 1.82) is 0 Å². The summed E-state index contributed by atoms with van der Waals surface area (Å²) in [6, 6.07) is 9.28. The van der Waals surface area contributed by atoms with E-state index in [0.717, 1.165) is 63.5 Å². The number of carbonyl (C=O) groups excluding carboxylic acids is 1. The van der Waals surface area contributed by atoms with Gasteiger partial charge in [-0.1, -0.05) is 0 Å². The quantitative estimate of drug-likeness (QED) is 0.292. The molecule has 0 unspecified atom stereocenters. The third kappa shape index (κ3) is 6.65. The minimum Gasteiger partial charge on any atom is -0.379 e. The van der Waals surface area contributed by atoms with Gasteiger partial charge >= 0.3 is 0 Å². The Hall–Kier alpha value is -3.22. The molecule has 0 saturated carbocycles. The number of nitrogens with one attached hydrogen (secondary N) is 2. The number of morpholine rings is 1. The summed E-state index contributed by atoms with van der Waals surface area (Å²) >= 11 is 0. The monoisotopic (exact) mass is 491 g/mol.